The van der Waals surface area contributed by atoms with Gasteiger partial charge in [0.15, 0.2) is 0 Å². The van der Waals surface area contributed by atoms with Gasteiger partial charge < -0.3 is 14.4 Å². The van der Waals surface area contributed by atoms with Crippen LogP contribution >= 0.6 is 11.3 Å². The van der Waals surface area contributed by atoms with E-state index in [1.165, 1.54) is 21.2 Å². The molecule has 2 aliphatic heterocycles. The number of nitrogens with zero attached hydrogens (tertiary/aromatic N) is 1. The number of ether oxygens (including phenoxy) is 2. The molecule has 3 heterocycles. The summed E-state index contributed by atoms with van der Waals surface area (Å²) in [6.45, 7) is 4.87. The smallest absolute Gasteiger partial charge is 0.137 e. The van der Waals surface area contributed by atoms with Crippen molar-refractivity contribution in [3.8, 4) is 5.75 Å². The molecule has 0 unspecified atom stereocenters. The monoisotopic (exact) mass is 379 g/mol. The van der Waals surface area contributed by atoms with E-state index in [4.69, 9.17) is 9.47 Å². The van der Waals surface area contributed by atoms with Crippen LogP contribution in [0.5, 0.6) is 5.75 Å². The normalized spacial score (nSPS) is 18.8. The molecule has 3 nitrogen and oxygen atoms in total. The molecule has 1 spiro atoms. The van der Waals surface area contributed by atoms with Gasteiger partial charge in [-0.25, -0.2) is 0 Å². The molecule has 0 aliphatic carbocycles. The summed E-state index contributed by atoms with van der Waals surface area (Å²) in [6.07, 6.45) is 3.26. The highest BCUT2D eigenvalue weighted by molar-refractivity contribution is 7.17. The van der Waals surface area contributed by atoms with Crippen molar-refractivity contribution in [3.05, 3.63) is 65.0 Å². The van der Waals surface area contributed by atoms with Crippen LogP contribution in [0.1, 0.15) is 30.4 Å². The predicted octanol–water partition coefficient (Wildman–Crippen LogP) is 5.19. The highest BCUT2D eigenvalue weighted by Gasteiger charge is 2.42. The van der Waals surface area contributed by atoms with Crippen LogP contribution in [0.2, 0.25) is 0 Å². The Kier molecular flexibility index (Phi) is 4.64. The lowest BCUT2D eigenvalue weighted by Gasteiger charge is -2.39. The number of likely N-dealkylation sites (tertiary alicyclic amines) is 1. The van der Waals surface area contributed by atoms with Crippen molar-refractivity contribution in [1.82, 2.24) is 4.90 Å². The molecule has 3 aromatic rings. The van der Waals surface area contributed by atoms with Crippen molar-refractivity contribution in [3.63, 3.8) is 0 Å². The molecule has 4 heteroatoms. The molecule has 27 heavy (non-hydrogen) atoms. The van der Waals surface area contributed by atoms with Crippen molar-refractivity contribution in [2.75, 3.05) is 26.2 Å². The first-order valence-electron chi connectivity index (χ1n) is 9.88. The van der Waals surface area contributed by atoms with E-state index in [-0.39, 0.29) is 5.60 Å². The zero-order chi connectivity index (χ0) is 18.1. The van der Waals surface area contributed by atoms with Crippen molar-refractivity contribution in [1.29, 1.82) is 0 Å². The maximum absolute atomic E-state index is 6.27. The maximum atomic E-state index is 6.27. The van der Waals surface area contributed by atoms with Gasteiger partial charge in [0.2, 0.25) is 0 Å². The van der Waals surface area contributed by atoms with Gasteiger partial charge in [-0.15, -0.1) is 11.3 Å². The Morgan fingerprint density at radius 3 is 2.78 bits per heavy atom. The van der Waals surface area contributed by atoms with Gasteiger partial charge in [0.05, 0.1) is 18.8 Å². The van der Waals surface area contributed by atoms with Gasteiger partial charge in [-0.2, -0.15) is 0 Å². The zero-order valence-electron chi connectivity index (χ0n) is 15.5. The van der Waals surface area contributed by atoms with Crippen LogP contribution in [0, 0.1) is 0 Å². The van der Waals surface area contributed by atoms with Gasteiger partial charge in [-0.3, -0.25) is 0 Å². The second kappa shape index (κ2) is 7.27. The third kappa shape index (κ3) is 3.27. The second-order valence-corrected chi connectivity index (χ2v) is 8.49. The lowest BCUT2D eigenvalue weighted by molar-refractivity contribution is -0.0790. The molecule has 1 saturated heterocycles. The first kappa shape index (κ1) is 17.2. The van der Waals surface area contributed by atoms with Crippen LogP contribution in [0.25, 0.3) is 10.1 Å². The molecule has 1 fully saturated rings. The fourth-order valence-electron chi connectivity index (χ4n) is 4.47. The Morgan fingerprint density at radius 1 is 1.04 bits per heavy atom. The van der Waals surface area contributed by atoms with E-state index in [9.17, 15) is 0 Å². The summed E-state index contributed by atoms with van der Waals surface area (Å²) in [5.41, 5.74) is 2.78. The molecule has 140 valence electrons. The third-order valence-electron chi connectivity index (χ3n) is 6.00. The summed E-state index contributed by atoms with van der Waals surface area (Å²) >= 11 is 1.76. The number of fused-ring (bicyclic) bond motifs is 3. The fourth-order valence-corrected chi connectivity index (χ4v) is 5.35. The van der Waals surface area contributed by atoms with Crippen LogP contribution in [-0.4, -0.2) is 31.1 Å². The van der Waals surface area contributed by atoms with Gasteiger partial charge in [0, 0.05) is 35.1 Å². The first-order chi connectivity index (χ1) is 13.3. The second-order valence-electron chi connectivity index (χ2n) is 7.58. The number of thiophene rings is 1. The molecule has 0 saturated carbocycles. The molecule has 0 amide bonds. The van der Waals surface area contributed by atoms with E-state index in [1.807, 2.05) is 0 Å². The number of rotatable bonds is 5. The minimum absolute atomic E-state index is 0.0286. The zero-order valence-corrected chi connectivity index (χ0v) is 16.3. The summed E-state index contributed by atoms with van der Waals surface area (Å²) < 4.78 is 13.6. The Bertz CT molecular complexity index is 927. The van der Waals surface area contributed by atoms with Gasteiger partial charge in [-0.05, 0) is 42.5 Å². The topological polar surface area (TPSA) is 21.7 Å². The molecule has 1 aromatic heterocycles. The van der Waals surface area contributed by atoms with Gasteiger partial charge in [-0.1, -0.05) is 36.4 Å². The molecule has 2 aliphatic rings. The molecule has 0 bridgehead atoms. The highest BCUT2D eigenvalue weighted by Crippen LogP contribution is 2.43. The summed E-state index contributed by atoms with van der Waals surface area (Å²) in [6, 6.07) is 17.2. The lowest BCUT2D eigenvalue weighted by atomic mass is 9.84. The number of piperidine rings is 1. The number of hydrogen-bond acceptors (Lipinski definition) is 4. The van der Waals surface area contributed by atoms with Crippen LogP contribution in [0.4, 0.5) is 0 Å². The molecule has 0 atom stereocenters. The fraction of sp³-hybridized carbons (Fsp3) is 0.391. The SMILES string of the molecule is c1ccc2c(c1)COC21CCN(CCCOc2csc3ccccc23)CC1. The maximum Gasteiger partial charge on any atom is 0.137 e. The highest BCUT2D eigenvalue weighted by atomic mass is 32.1. The lowest BCUT2D eigenvalue weighted by Crippen LogP contribution is -2.43. The van der Waals surface area contributed by atoms with Gasteiger partial charge >= 0.3 is 0 Å². The average Bonchev–Trinajstić information content (AvgIpc) is 3.29. The van der Waals surface area contributed by atoms with E-state index in [0.717, 1.165) is 57.9 Å². The number of benzene rings is 2. The standard InChI is InChI=1S/C23H25NO2S/c1-3-8-20-18(6-1)16-26-23(20)10-13-24(14-11-23)12-5-15-25-21-17-27-22-9-4-2-7-19(21)22/h1-4,6-9,17H,5,10-16H2. The number of hydrogen-bond donors (Lipinski definition) is 0. The molecular weight excluding hydrogens is 354 g/mol. The van der Waals surface area contributed by atoms with Crippen molar-refractivity contribution in [2.24, 2.45) is 0 Å². The average molecular weight is 380 g/mol. The summed E-state index contributed by atoms with van der Waals surface area (Å²) in [4.78, 5) is 2.56. The van der Waals surface area contributed by atoms with E-state index in [0.29, 0.717) is 0 Å². The van der Waals surface area contributed by atoms with Crippen molar-refractivity contribution >= 4 is 21.4 Å². The Hall–Kier alpha value is -1.88. The molecule has 5 rings (SSSR count). The van der Waals surface area contributed by atoms with E-state index in [2.05, 4.69) is 58.8 Å². The minimum Gasteiger partial charge on any atom is -0.492 e. The Balaban J connectivity index is 1.11. The van der Waals surface area contributed by atoms with Crippen LogP contribution in [0.15, 0.2) is 53.9 Å². The largest absolute Gasteiger partial charge is 0.492 e. The summed E-state index contributed by atoms with van der Waals surface area (Å²) in [7, 11) is 0. The molecule has 0 N–H and O–H groups in total. The van der Waals surface area contributed by atoms with Crippen LogP contribution < -0.4 is 4.74 Å². The molecule has 0 radical (unpaired) electrons. The summed E-state index contributed by atoms with van der Waals surface area (Å²) in [5, 5.41) is 3.36. The van der Waals surface area contributed by atoms with Crippen LogP contribution in [0.3, 0.4) is 0 Å². The third-order valence-corrected chi connectivity index (χ3v) is 6.94. The van der Waals surface area contributed by atoms with Crippen molar-refractivity contribution in [2.45, 2.75) is 31.5 Å². The quantitative estimate of drug-likeness (QED) is 0.569. The summed E-state index contributed by atoms with van der Waals surface area (Å²) in [5.74, 6) is 1.03. The van der Waals surface area contributed by atoms with Gasteiger partial charge in [0.25, 0.3) is 0 Å². The predicted molar refractivity (Wildman–Crippen MR) is 111 cm³/mol. The van der Waals surface area contributed by atoms with E-state index in [1.54, 1.807) is 11.3 Å². The Labute approximate surface area is 164 Å². The van der Waals surface area contributed by atoms with Crippen LogP contribution in [-0.2, 0) is 16.9 Å². The van der Waals surface area contributed by atoms with E-state index < -0.39 is 0 Å². The van der Waals surface area contributed by atoms with Gasteiger partial charge in [0.1, 0.15) is 5.75 Å². The molecule has 2 aromatic carbocycles. The first-order valence-corrected chi connectivity index (χ1v) is 10.8. The minimum atomic E-state index is -0.0286. The Morgan fingerprint density at radius 2 is 1.85 bits per heavy atom. The van der Waals surface area contributed by atoms with E-state index >= 15 is 0 Å². The molecular formula is C23H25NO2S. The van der Waals surface area contributed by atoms with Crippen molar-refractivity contribution < 1.29 is 9.47 Å².